The van der Waals surface area contributed by atoms with E-state index in [-0.39, 0.29) is 0 Å². The molecule has 3 heteroatoms. The average molecular weight is 267 g/mol. The number of hydrogen-bond acceptors (Lipinski definition) is 2. The van der Waals surface area contributed by atoms with Crippen molar-refractivity contribution in [1.29, 1.82) is 0 Å². The van der Waals surface area contributed by atoms with Crippen LogP contribution in [0.2, 0.25) is 5.02 Å². The van der Waals surface area contributed by atoms with Crippen LogP contribution in [0.1, 0.15) is 31.7 Å². The second-order valence-electron chi connectivity index (χ2n) is 5.17. The summed E-state index contributed by atoms with van der Waals surface area (Å²) in [5, 5.41) is 4.48. The van der Waals surface area contributed by atoms with E-state index in [1.54, 1.807) is 0 Å². The maximum Gasteiger partial charge on any atom is 0.0426 e. The van der Waals surface area contributed by atoms with Gasteiger partial charge in [0, 0.05) is 23.3 Å². The van der Waals surface area contributed by atoms with Gasteiger partial charge in [-0.3, -0.25) is 0 Å². The summed E-state index contributed by atoms with van der Waals surface area (Å²) in [7, 11) is 0. The summed E-state index contributed by atoms with van der Waals surface area (Å²) >= 11 is 6.06. The highest BCUT2D eigenvalue weighted by molar-refractivity contribution is 6.30. The van der Waals surface area contributed by atoms with Crippen molar-refractivity contribution in [2.75, 3.05) is 25.0 Å². The van der Waals surface area contributed by atoms with E-state index >= 15 is 0 Å². The highest BCUT2D eigenvalue weighted by Gasteiger charge is 2.16. The molecule has 0 aliphatic carbocycles. The van der Waals surface area contributed by atoms with Gasteiger partial charge in [-0.25, -0.2) is 0 Å². The lowest BCUT2D eigenvalue weighted by Gasteiger charge is -2.20. The van der Waals surface area contributed by atoms with Crippen molar-refractivity contribution in [3.63, 3.8) is 0 Å². The van der Waals surface area contributed by atoms with E-state index in [0.29, 0.717) is 6.04 Å². The molecule has 1 heterocycles. The zero-order chi connectivity index (χ0) is 13.0. The standard InChI is InChI=1S/C15H23ClN2/c1-3-18-9-4-5-14(8-10-18)17-15-11-13(16)7-6-12(15)2/h6-7,11,14,17H,3-5,8-10H2,1-2H3. The maximum atomic E-state index is 6.06. The van der Waals surface area contributed by atoms with Gasteiger partial charge in [0.1, 0.15) is 0 Å². The smallest absolute Gasteiger partial charge is 0.0426 e. The highest BCUT2D eigenvalue weighted by Crippen LogP contribution is 2.23. The molecule has 0 bridgehead atoms. The first-order valence-corrected chi connectivity index (χ1v) is 7.32. The quantitative estimate of drug-likeness (QED) is 0.892. The van der Waals surface area contributed by atoms with Crippen molar-refractivity contribution in [2.24, 2.45) is 0 Å². The Morgan fingerprint density at radius 2 is 2.17 bits per heavy atom. The molecule has 1 aromatic carbocycles. The van der Waals surface area contributed by atoms with Crippen molar-refractivity contribution in [1.82, 2.24) is 4.90 Å². The van der Waals surface area contributed by atoms with Crippen molar-refractivity contribution in [3.05, 3.63) is 28.8 Å². The predicted molar refractivity (Wildman–Crippen MR) is 79.6 cm³/mol. The first kappa shape index (κ1) is 13.7. The number of halogens is 1. The molecule has 0 amide bonds. The van der Waals surface area contributed by atoms with Crippen LogP contribution in [0.4, 0.5) is 5.69 Å². The Balaban J connectivity index is 1.98. The minimum atomic E-state index is 0.582. The summed E-state index contributed by atoms with van der Waals surface area (Å²) in [6.07, 6.45) is 3.76. The molecule has 0 radical (unpaired) electrons. The number of benzene rings is 1. The van der Waals surface area contributed by atoms with Crippen molar-refractivity contribution >= 4 is 17.3 Å². The minimum Gasteiger partial charge on any atom is -0.382 e. The highest BCUT2D eigenvalue weighted by atomic mass is 35.5. The Labute approximate surface area is 115 Å². The van der Waals surface area contributed by atoms with Gasteiger partial charge in [0.2, 0.25) is 0 Å². The van der Waals surface area contributed by atoms with Gasteiger partial charge in [-0.2, -0.15) is 0 Å². The lowest BCUT2D eigenvalue weighted by Crippen LogP contribution is -2.26. The summed E-state index contributed by atoms with van der Waals surface area (Å²) in [6, 6.07) is 6.66. The van der Waals surface area contributed by atoms with Crippen molar-refractivity contribution < 1.29 is 0 Å². The van der Waals surface area contributed by atoms with Crippen LogP contribution >= 0.6 is 11.6 Å². The molecule has 1 aliphatic rings. The van der Waals surface area contributed by atoms with Gasteiger partial charge in [-0.15, -0.1) is 0 Å². The zero-order valence-electron chi connectivity index (χ0n) is 11.4. The molecule has 1 N–H and O–H groups in total. The van der Waals surface area contributed by atoms with E-state index in [1.165, 1.54) is 50.1 Å². The summed E-state index contributed by atoms with van der Waals surface area (Å²) in [4.78, 5) is 2.53. The SMILES string of the molecule is CCN1CCCC(Nc2cc(Cl)ccc2C)CC1. The molecular formula is C15H23ClN2. The maximum absolute atomic E-state index is 6.06. The van der Waals surface area contributed by atoms with Crippen LogP contribution in [0, 0.1) is 6.92 Å². The van der Waals surface area contributed by atoms with Gasteiger partial charge in [0.05, 0.1) is 0 Å². The summed E-state index contributed by atoms with van der Waals surface area (Å²) in [5.41, 5.74) is 2.47. The number of rotatable bonds is 3. The molecule has 1 fully saturated rings. The molecule has 0 spiro atoms. The Hall–Kier alpha value is -0.730. The van der Waals surface area contributed by atoms with E-state index in [9.17, 15) is 0 Å². The second kappa shape index (κ2) is 6.44. The van der Waals surface area contributed by atoms with E-state index in [2.05, 4.69) is 30.1 Å². The monoisotopic (exact) mass is 266 g/mol. The fourth-order valence-corrected chi connectivity index (χ4v) is 2.76. The fourth-order valence-electron chi connectivity index (χ4n) is 2.59. The molecule has 1 aliphatic heterocycles. The molecule has 2 nitrogen and oxygen atoms in total. The fraction of sp³-hybridized carbons (Fsp3) is 0.600. The molecule has 1 atom stereocenters. The van der Waals surface area contributed by atoms with Gasteiger partial charge in [-0.05, 0) is 57.0 Å². The Morgan fingerprint density at radius 3 is 2.94 bits per heavy atom. The normalized spacial score (nSPS) is 21.6. The van der Waals surface area contributed by atoms with Crippen LogP contribution in [0.25, 0.3) is 0 Å². The van der Waals surface area contributed by atoms with Crippen LogP contribution in [0.5, 0.6) is 0 Å². The summed E-state index contributed by atoms with van der Waals surface area (Å²) < 4.78 is 0. The molecule has 1 unspecified atom stereocenters. The topological polar surface area (TPSA) is 15.3 Å². The largest absolute Gasteiger partial charge is 0.382 e. The third-order valence-corrected chi connectivity index (χ3v) is 4.06. The Kier molecular flexibility index (Phi) is 4.90. The molecule has 0 saturated carbocycles. The van der Waals surface area contributed by atoms with E-state index in [0.717, 1.165) is 5.02 Å². The first-order valence-electron chi connectivity index (χ1n) is 6.94. The number of anilines is 1. The molecule has 100 valence electrons. The summed E-state index contributed by atoms with van der Waals surface area (Å²) in [5.74, 6) is 0. The van der Waals surface area contributed by atoms with Gasteiger partial charge in [0.25, 0.3) is 0 Å². The number of nitrogens with zero attached hydrogens (tertiary/aromatic N) is 1. The lowest BCUT2D eigenvalue weighted by molar-refractivity contribution is 0.300. The van der Waals surface area contributed by atoms with Crippen molar-refractivity contribution in [3.8, 4) is 0 Å². The van der Waals surface area contributed by atoms with Gasteiger partial charge in [0.15, 0.2) is 0 Å². The number of hydrogen-bond donors (Lipinski definition) is 1. The van der Waals surface area contributed by atoms with E-state index in [4.69, 9.17) is 11.6 Å². The summed E-state index contributed by atoms with van der Waals surface area (Å²) in [6.45, 7) is 7.99. The molecule has 1 aromatic rings. The number of nitrogens with one attached hydrogen (secondary N) is 1. The van der Waals surface area contributed by atoms with Gasteiger partial charge < -0.3 is 10.2 Å². The van der Waals surface area contributed by atoms with Crippen LogP contribution in [-0.2, 0) is 0 Å². The second-order valence-corrected chi connectivity index (χ2v) is 5.60. The Bertz CT molecular complexity index is 392. The molecule has 2 rings (SSSR count). The predicted octanol–water partition coefficient (Wildman–Crippen LogP) is 3.93. The average Bonchev–Trinajstić information content (AvgIpc) is 2.59. The molecule has 0 aromatic heterocycles. The Morgan fingerprint density at radius 1 is 1.33 bits per heavy atom. The molecule has 1 saturated heterocycles. The third-order valence-electron chi connectivity index (χ3n) is 3.83. The molecular weight excluding hydrogens is 244 g/mol. The van der Waals surface area contributed by atoms with Crippen LogP contribution < -0.4 is 5.32 Å². The lowest BCUT2D eigenvalue weighted by atomic mass is 10.1. The number of aryl methyl sites for hydroxylation is 1. The van der Waals surface area contributed by atoms with E-state index < -0.39 is 0 Å². The van der Waals surface area contributed by atoms with Crippen LogP contribution in [0.15, 0.2) is 18.2 Å². The van der Waals surface area contributed by atoms with Gasteiger partial charge in [-0.1, -0.05) is 24.6 Å². The van der Waals surface area contributed by atoms with E-state index in [1.807, 2.05) is 12.1 Å². The van der Waals surface area contributed by atoms with Crippen molar-refractivity contribution in [2.45, 2.75) is 39.2 Å². The van der Waals surface area contributed by atoms with Crippen LogP contribution in [0.3, 0.4) is 0 Å². The first-order chi connectivity index (χ1) is 8.69. The minimum absolute atomic E-state index is 0.582. The van der Waals surface area contributed by atoms with Crippen LogP contribution in [-0.4, -0.2) is 30.6 Å². The zero-order valence-corrected chi connectivity index (χ0v) is 12.1. The number of likely N-dealkylation sites (tertiary alicyclic amines) is 1. The third kappa shape index (κ3) is 3.63. The van der Waals surface area contributed by atoms with Gasteiger partial charge >= 0.3 is 0 Å². The molecule has 18 heavy (non-hydrogen) atoms.